The predicted octanol–water partition coefficient (Wildman–Crippen LogP) is 3.85. The molecule has 3 nitrogen and oxygen atoms in total. The van der Waals surface area contributed by atoms with Crippen LogP contribution in [-0.4, -0.2) is 19.1 Å². The number of hydrogen-bond acceptors (Lipinski definition) is 3. The van der Waals surface area contributed by atoms with Crippen molar-refractivity contribution in [2.75, 3.05) is 14.2 Å². The molecule has 0 fully saturated rings. The van der Waals surface area contributed by atoms with E-state index < -0.39 is 0 Å². The van der Waals surface area contributed by atoms with Gasteiger partial charge in [-0.15, -0.1) is 0 Å². The fourth-order valence-electron chi connectivity index (χ4n) is 2.26. The van der Waals surface area contributed by atoms with Gasteiger partial charge in [0, 0.05) is 18.1 Å². The summed E-state index contributed by atoms with van der Waals surface area (Å²) >= 11 is 5.99. The Balaban J connectivity index is 2.06. The summed E-state index contributed by atoms with van der Waals surface area (Å²) in [6.45, 7) is 1.56. The van der Waals surface area contributed by atoms with Gasteiger partial charge in [-0.1, -0.05) is 29.8 Å². The molecule has 0 saturated carbocycles. The van der Waals surface area contributed by atoms with Crippen LogP contribution in [0.3, 0.4) is 0 Å². The third kappa shape index (κ3) is 4.22. The van der Waals surface area contributed by atoms with Crippen molar-refractivity contribution in [3.63, 3.8) is 0 Å². The summed E-state index contributed by atoms with van der Waals surface area (Å²) in [6, 6.07) is 15.7. The molecular weight excluding hydrogens is 284 g/mol. The molecule has 0 aliphatic rings. The van der Waals surface area contributed by atoms with E-state index >= 15 is 0 Å². The average molecular weight is 301 g/mol. The van der Waals surface area contributed by atoms with Crippen molar-refractivity contribution < 1.29 is 4.74 Å². The lowest BCUT2D eigenvalue weighted by atomic mass is 10.1. The highest BCUT2D eigenvalue weighted by Crippen LogP contribution is 2.20. The van der Waals surface area contributed by atoms with Crippen molar-refractivity contribution in [2.45, 2.75) is 13.1 Å². The summed E-state index contributed by atoms with van der Waals surface area (Å²) in [5, 5.41) is 9.86. The summed E-state index contributed by atoms with van der Waals surface area (Å²) in [5.41, 5.74) is 2.81. The summed E-state index contributed by atoms with van der Waals surface area (Å²) in [5.74, 6) is 0.610. The van der Waals surface area contributed by atoms with Crippen molar-refractivity contribution in [1.82, 2.24) is 4.90 Å². The van der Waals surface area contributed by atoms with E-state index in [1.165, 1.54) is 5.56 Å². The van der Waals surface area contributed by atoms with Gasteiger partial charge in [-0.2, -0.15) is 5.26 Å². The van der Waals surface area contributed by atoms with E-state index in [4.69, 9.17) is 21.6 Å². The van der Waals surface area contributed by atoms with Crippen molar-refractivity contribution in [3.8, 4) is 11.8 Å². The quantitative estimate of drug-likeness (QED) is 0.841. The lowest BCUT2D eigenvalue weighted by Crippen LogP contribution is -2.17. The minimum atomic E-state index is 0.561. The Hall–Kier alpha value is -2.02. The molecule has 0 aliphatic heterocycles. The summed E-state index contributed by atoms with van der Waals surface area (Å²) in [6.07, 6.45) is 0. The number of nitriles is 1. The van der Waals surface area contributed by atoms with Crippen LogP contribution >= 0.6 is 11.6 Å². The van der Waals surface area contributed by atoms with Gasteiger partial charge >= 0.3 is 0 Å². The van der Waals surface area contributed by atoms with Crippen molar-refractivity contribution in [2.24, 2.45) is 0 Å². The second kappa shape index (κ2) is 7.12. The monoisotopic (exact) mass is 300 g/mol. The van der Waals surface area contributed by atoms with E-state index in [0.717, 1.165) is 23.7 Å². The van der Waals surface area contributed by atoms with Crippen LogP contribution in [0.1, 0.15) is 16.7 Å². The zero-order valence-electron chi connectivity index (χ0n) is 12.1. The van der Waals surface area contributed by atoms with Gasteiger partial charge in [0.2, 0.25) is 0 Å². The van der Waals surface area contributed by atoms with E-state index in [1.54, 1.807) is 7.11 Å². The van der Waals surface area contributed by atoms with Gasteiger partial charge < -0.3 is 4.74 Å². The highest BCUT2D eigenvalue weighted by Gasteiger charge is 2.06. The Morgan fingerprint density at radius 1 is 1.14 bits per heavy atom. The minimum Gasteiger partial charge on any atom is -0.495 e. The molecule has 0 N–H and O–H groups in total. The average Bonchev–Trinajstić information content (AvgIpc) is 2.47. The maximum absolute atomic E-state index is 9.12. The molecule has 0 spiro atoms. The van der Waals surface area contributed by atoms with Gasteiger partial charge in [-0.3, -0.25) is 4.90 Å². The first-order valence-corrected chi connectivity index (χ1v) is 7.00. The second-order valence-electron chi connectivity index (χ2n) is 4.95. The first kappa shape index (κ1) is 15.4. The molecule has 0 atom stereocenters. The molecule has 0 aromatic heterocycles. The molecule has 2 aromatic rings. The zero-order valence-corrected chi connectivity index (χ0v) is 12.9. The third-order valence-electron chi connectivity index (χ3n) is 3.18. The summed E-state index contributed by atoms with van der Waals surface area (Å²) in [4.78, 5) is 2.18. The van der Waals surface area contributed by atoms with Crippen LogP contribution in [0.15, 0.2) is 42.5 Å². The molecular formula is C17H17ClN2O. The standard InChI is InChI=1S/C17H17ClN2O/c1-20(11-13-4-3-5-16(18)9-13)12-14-6-7-17(21-2)15(8-14)10-19/h3-9H,11-12H2,1-2H3. The molecule has 0 bridgehead atoms. The van der Waals surface area contributed by atoms with E-state index in [2.05, 4.69) is 17.0 Å². The minimum absolute atomic E-state index is 0.561. The molecule has 0 aliphatic carbocycles. The first-order valence-electron chi connectivity index (χ1n) is 6.62. The molecule has 0 saturated heterocycles. The van der Waals surface area contributed by atoms with Crippen molar-refractivity contribution >= 4 is 11.6 Å². The number of halogens is 1. The van der Waals surface area contributed by atoms with E-state index in [1.807, 2.05) is 43.4 Å². The van der Waals surface area contributed by atoms with Crippen LogP contribution < -0.4 is 4.74 Å². The van der Waals surface area contributed by atoms with E-state index in [9.17, 15) is 0 Å². The van der Waals surface area contributed by atoms with Crippen LogP contribution in [0.5, 0.6) is 5.75 Å². The molecule has 4 heteroatoms. The number of nitrogens with zero attached hydrogens (tertiary/aromatic N) is 2. The van der Waals surface area contributed by atoms with Gasteiger partial charge in [0.15, 0.2) is 0 Å². The maximum atomic E-state index is 9.12. The van der Waals surface area contributed by atoms with Crippen molar-refractivity contribution in [3.05, 3.63) is 64.2 Å². The Labute approximate surface area is 130 Å². The Morgan fingerprint density at radius 2 is 1.86 bits per heavy atom. The van der Waals surface area contributed by atoms with Crippen LogP contribution in [0.25, 0.3) is 0 Å². The molecule has 0 radical (unpaired) electrons. The molecule has 21 heavy (non-hydrogen) atoms. The number of benzene rings is 2. The van der Waals surface area contributed by atoms with Gasteiger partial charge in [0.1, 0.15) is 11.8 Å². The van der Waals surface area contributed by atoms with Gasteiger partial charge in [-0.05, 0) is 42.4 Å². The number of ether oxygens (including phenoxy) is 1. The van der Waals surface area contributed by atoms with E-state index in [-0.39, 0.29) is 0 Å². The zero-order chi connectivity index (χ0) is 15.2. The fraction of sp³-hybridized carbons (Fsp3) is 0.235. The Bertz CT molecular complexity index is 664. The second-order valence-corrected chi connectivity index (χ2v) is 5.39. The molecule has 108 valence electrons. The Morgan fingerprint density at radius 3 is 2.48 bits per heavy atom. The smallest absolute Gasteiger partial charge is 0.136 e. The molecule has 0 heterocycles. The van der Waals surface area contributed by atoms with Crippen molar-refractivity contribution in [1.29, 1.82) is 5.26 Å². The lowest BCUT2D eigenvalue weighted by molar-refractivity contribution is 0.319. The van der Waals surface area contributed by atoms with Gasteiger partial charge in [0.05, 0.1) is 12.7 Å². The predicted molar refractivity (Wildman–Crippen MR) is 84.3 cm³/mol. The highest BCUT2D eigenvalue weighted by molar-refractivity contribution is 6.30. The number of rotatable bonds is 5. The SMILES string of the molecule is COc1ccc(CN(C)Cc2cccc(Cl)c2)cc1C#N. The molecule has 2 aromatic carbocycles. The summed E-state index contributed by atoms with van der Waals surface area (Å²) in [7, 11) is 3.61. The fourth-order valence-corrected chi connectivity index (χ4v) is 2.47. The van der Waals surface area contributed by atoms with Gasteiger partial charge in [0.25, 0.3) is 0 Å². The Kier molecular flexibility index (Phi) is 5.21. The van der Waals surface area contributed by atoms with Crippen LogP contribution in [0.4, 0.5) is 0 Å². The van der Waals surface area contributed by atoms with Crippen LogP contribution in [0.2, 0.25) is 5.02 Å². The highest BCUT2D eigenvalue weighted by atomic mass is 35.5. The van der Waals surface area contributed by atoms with Gasteiger partial charge in [-0.25, -0.2) is 0 Å². The summed E-state index contributed by atoms with van der Waals surface area (Å²) < 4.78 is 5.15. The van der Waals surface area contributed by atoms with Crippen LogP contribution in [0, 0.1) is 11.3 Å². The molecule has 2 rings (SSSR count). The largest absolute Gasteiger partial charge is 0.495 e. The number of methoxy groups -OCH3 is 1. The maximum Gasteiger partial charge on any atom is 0.136 e. The lowest BCUT2D eigenvalue weighted by Gasteiger charge is -2.17. The normalized spacial score (nSPS) is 10.4. The topological polar surface area (TPSA) is 36.3 Å². The number of hydrogen-bond donors (Lipinski definition) is 0. The van der Waals surface area contributed by atoms with Crippen LogP contribution in [-0.2, 0) is 13.1 Å². The first-order chi connectivity index (χ1) is 10.1. The molecule has 0 amide bonds. The van der Waals surface area contributed by atoms with E-state index in [0.29, 0.717) is 11.3 Å². The molecule has 0 unspecified atom stereocenters. The third-order valence-corrected chi connectivity index (χ3v) is 3.41.